The summed E-state index contributed by atoms with van der Waals surface area (Å²) in [6, 6.07) is 0. The maximum Gasteiger partial charge on any atom is 0.228 e. The maximum atomic E-state index is 6.88. The zero-order valence-corrected chi connectivity index (χ0v) is 5.31. The molecule has 0 bridgehead atoms. The van der Waals surface area contributed by atoms with Crippen LogP contribution in [0.1, 0.15) is 13.3 Å². The van der Waals surface area contributed by atoms with Gasteiger partial charge in [0.15, 0.2) is 0 Å². The third-order valence-electron chi connectivity index (χ3n) is 0.687. The molecule has 1 atom stereocenters. The molecule has 0 aromatic heterocycles. The summed E-state index contributed by atoms with van der Waals surface area (Å²) in [5, 5.41) is 0. The van der Waals surface area contributed by atoms with Gasteiger partial charge in [-0.2, -0.15) is 0 Å². The van der Waals surface area contributed by atoms with Crippen LogP contribution in [0, 0.1) is 0 Å². The number of ether oxygens (including phenoxy) is 2. The molecule has 1 unspecified atom stereocenters. The molecular weight excluding hydrogens is 106 g/mol. The fourth-order valence-electron chi connectivity index (χ4n) is 0.293. The van der Waals surface area contributed by atoms with Crippen molar-refractivity contribution in [3.63, 3.8) is 0 Å². The minimum atomic E-state index is -0.796. The van der Waals surface area contributed by atoms with E-state index in [0.29, 0.717) is 6.61 Å². The third kappa shape index (κ3) is 4.05. The average Bonchev–Trinajstić information content (AvgIpc) is 1.83. The molecule has 0 amide bonds. The molecule has 0 rings (SSSR count). The molecule has 49 valence electrons. The van der Waals surface area contributed by atoms with Crippen LogP contribution >= 0.6 is 0 Å². The number of rotatable bonds is 4. The Morgan fingerprint density at radius 1 is 1.62 bits per heavy atom. The molecule has 0 spiro atoms. The summed E-state index contributed by atoms with van der Waals surface area (Å²) in [5.41, 5.74) is 6.88. The van der Waals surface area contributed by atoms with Gasteiger partial charge in [-0.15, -0.1) is 0 Å². The molecule has 0 heterocycles. The fourth-order valence-corrected chi connectivity index (χ4v) is 0.293. The van der Waals surface area contributed by atoms with Crippen LogP contribution in [-0.2, 0) is 9.47 Å². The lowest BCUT2D eigenvalue weighted by molar-refractivity contribution is -0.123. The zero-order valence-electron chi connectivity index (χ0n) is 5.31. The van der Waals surface area contributed by atoms with E-state index in [1.807, 2.05) is 6.92 Å². The van der Waals surface area contributed by atoms with Crippen LogP contribution in [0.15, 0.2) is 0 Å². The summed E-state index contributed by atoms with van der Waals surface area (Å²) in [5.74, 6) is 0. The molecule has 0 aliphatic heterocycles. The highest BCUT2D eigenvalue weighted by Crippen LogP contribution is 1.86. The minimum Gasteiger partial charge on any atom is -0.342 e. The molecule has 3 heteroatoms. The van der Waals surface area contributed by atoms with Crippen molar-refractivity contribution in [2.45, 2.75) is 19.8 Å². The van der Waals surface area contributed by atoms with E-state index in [1.54, 1.807) is 0 Å². The van der Waals surface area contributed by atoms with Gasteiger partial charge in [0.05, 0.1) is 6.61 Å². The van der Waals surface area contributed by atoms with Crippen LogP contribution in [0.4, 0.5) is 0 Å². The zero-order chi connectivity index (χ0) is 6.41. The lowest BCUT2D eigenvalue weighted by Crippen LogP contribution is -2.16. The Hall–Kier alpha value is -0.120. The Morgan fingerprint density at radius 3 is 2.62 bits per heavy atom. The van der Waals surface area contributed by atoms with E-state index in [9.17, 15) is 0 Å². The van der Waals surface area contributed by atoms with Crippen LogP contribution < -0.4 is 5.73 Å². The fraction of sp³-hybridized carbons (Fsp3) is 1.00. The van der Waals surface area contributed by atoms with Crippen molar-refractivity contribution in [1.29, 1.82) is 0 Å². The summed E-state index contributed by atoms with van der Waals surface area (Å²) in [6.07, 6.45) is 0.133. The maximum absolute atomic E-state index is 6.88. The van der Waals surface area contributed by atoms with Crippen LogP contribution in [0.2, 0.25) is 0 Å². The Morgan fingerprint density at radius 2 is 2.25 bits per heavy atom. The lowest BCUT2D eigenvalue weighted by Gasteiger charge is -2.07. The summed E-state index contributed by atoms with van der Waals surface area (Å²) in [7, 11) is 1.45. The van der Waals surface area contributed by atoms with Crippen molar-refractivity contribution in [2.75, 3.05) is 13.7 Å². The van der Waals surface area contributed by atoms with Crippen molar-refractivity contribution in [2.24, 2.45) is 0 Å². The quantitative estimate of drug-likeness (QED) is 0.508. The Balaban J connectivity index is 2.86. The van der Waals surface area contributed by atoms with E-state index in [2.05, 4.69) is 4.74 Å². The molecule has 0 saturated carbocycles. The Labute approximate surface area is 49.8 Å². The minimum absolute atomic E-state index is 0.599. The third-order valence-corrected chi connectivity index (χ3v) is 0.687. The van der Waals surface area contributed by atoms with E-state index in [-0.39, 0.29) is 0 Å². The normalized spacial score (nSPS) is 13.9. The largest absolute Gasteiger partial charge is 0.342 e. The topological polar surface area (TPSA) is 42.3 Å². The molecule has 0 aliphatic rings. The van der Waals surface area contributed by atoms with Crippen LogP contribution in [0.3, 0.4) is 0 Å². The van der Waals surface area contributed by atoms with E-state index >= 15 is 0 Å². The van der Waals surface area contributed by atoms with Gasteiger partial charge in [-0.3, -0.25) is 0 Å². The highest BCUT2D eigenvalue weighted by molar-refractivity contribution is 4.25. The van der Waals surface area contributed by atoms with Gasteiger partial charge in [-0.1, -0.05) is 6.92 Å². The first-order valence-corrected chi connectivity index (χ1v) is 2.66. The number of methoxy groups -OCH3 is 1. The van der Waals surface area contributed by atoms with Gasteiger partial charge in [0, 0.05) is 7.11 Å². The van der Waals surface area contributed by atoms with E-state index < -0.39 is 6.41 Å². The molecule has 0 aliphatic carbocycles. The van der Waals surface area contributed by atoms with Crippen molar-refractivity contribution < 1.29 is 9.47 Å². The SMILES string of the molecule is CCCOC([NH])OC. The van der Waals surface area contributed by atoms with Crippen LogP contribution in [-0.4, -0.2) is 20.1 Å². The second-order valence-corrected chi connectivity index (χ2v) is 1.44. The van der Waals surface area contributed by atoms with Gasteiger partial charge in [-0.25, -0.2) is 5.73 Å². The van der Waals surface area contributed by atoms with E-state index in [1.165, 1.54) is 7.11 Å². The van der Waals surface area contributed by atoms with E-state index in [4.69, 9.17) is 10.5 Å². The molecular formula is C5H12NO2. The number of hydrogen-bond acceptors (Lipinski definition) is 2. The van der Waals surface area contributed by atoms with Crippen molar-refractivity contribution in [3.05, 3.63) is 0 Å². The van der Waals surface area contributed by atoms with Crippen molar-refractivity contribution >= 4 is 0 Å². The monoisotopic (exact) mass is 118 g/mol. The van der Waals surface area contributed by atoms with E-state index in [0.717, 1.165) is 6.42 Å². The van der Waals surface area contributed by atoms with Gasteiger partial charge < -0.3 is 9.47 Å². The first-order valence-electron chi connectivity index (χ1n) is 2.66. The van der Waals surface area contributed by atoms with Crippen molar-refractivity contribution in [1.82, 2.24) is 5.73 Å². The molecule has 1 N–H and O–H groups in total. The summed E-state index contributed by atoms with van der Waals surface area (Å²) < 4.78 is 9.28. The van der Waals surface area contributed by atoms with Gasteiger partial charge in [0.2, 0.25) is 6.41 Å². The Kier molecular flexibility index (Phi) is 4.95. The first-order chi connectivity index (χ1) is 3.81. The van der Waals surface area contributed by atoms with Crippen LogP contribution in [0.5, 0.6) is 0 Å². The second-order valence-electron chi connectivity index (χ2n) is 1.44. The van der Waals surface area contributed by atoms with Gasteiger partial charge in [-0.05, 0) is 6.42 Å². The van der Waals surface area contributed by atoms with Gasteiger partial charge >= 0.3 is 0 Å². The molecule has 0 aromatic carbocycles. The molecule has 0 fully saturated rings. The smallest absolute Gasteiger partial charge is 0.228 e. The van der Waals surface area contributed by atoms with Crippen LogP contribution in [0.25, 0.3) is 0 Å². The number of nitrogens with one attached hydrogen (secondary N) is 1. The van der Waals surface area contributed by atoms with Gasteiger partial charge in [0.25, 0.3) is 0 Å². The lowest BCUT2D eigenvalue weighted by atomic mass is 10.5. The molecule has 1 radical (unpaired) electrons. The molecule has 8 heavy (non-hydrogen) atoms. The van der Waals surface area contributed by atoms with Gasteiger partial charge in [0.1, 0.15) is 0 Å². The molecule has 0 saturated heterocycles. The number of hydrogen-bond donors (Lipinski definition) is 0. The highest BCUT2D eigenvalue weighted by atomic mass is 16.7. The predicted octanol–water partition coefficient (Wildman–Crippen LogP) is 0.626. The molecule has 0 aromatic rings. The molecule has 3 nitrogen and oxygen atoms in total. The summed E-state index contributed by atoms with van der Waals surface area (Å²) in [4.78, 5) is 0. The Bertz CT molecular complexity index is 49.7. The summed E-state index contributed by atoms with van der Waals surface area (Å²) in [6.45, 7) is 2.59. The predicted molar refractivity (Wildman–Crippen MR) is 30.1 cm³/mol. The van der Waals surface area contributed by atoms with Crippen molar-refractivity contribution in [3.8, 4) is 0 Å². The standard InChI is InChI=1S/C5H12NO2/c1-3-4-8-5(6)7-2/h5-6H,3-4H2,1-2H3. The first kappa shape index (κ1) is 7.88. The summed E-state index contributed by atoms with van der Waals surface area (Å²) >= 11 is 0. The average molecular weight is 118 g/mol. The highest BCUT2D eigenvalue weighted by Gasteiger charge is 1.95. The second kappa shape index (κ2) is 5.03.